The molecular formula is C21H19N3O4. The van der Waals surface area contributed by atoms with Gasteiger partial charge in [0.05, 0.1) is 19.1 Å². The molecule has 0 bridgehead atoms. The quantitative estimate of drug-likeness (QED) is 0.506. The number of hydrogen-bond donors (Lipinski definition) is 2. The zero-order chi connectivity index (χ0) is 19.9. The zero-order valence-electron chi connectivity index (χ0n) is 15.4. The van der Waals surface area contributed by atoms with Gasteiger partial charge in [0, 0.05) is 11.3 Å². The van der Waals surface area contributed by atoms with Gasteiger partial charge in [-0.3, -0.25) is 9.59 Å². The van der Waals surface area contributed by atoms with Crippen molar-refractivity contribution in [2.24, 2.45) is 5.10 Å². The average Bonchev–Trinajstić information content (AvgIpc) is 3.27. The molecule has 0 unspecified atom stereocenters. The first-order valence-electron chi connectivity index (χ1n) is 8.51. The number of hydrogen-bond acceptors (Lipinski definition) is 5. The van der Waals surface area contributed by atoms with Gasteiger partial charge in [-0.25, -0.2) is 5.43 Å². The first kappa shape index (κ1) is 18.9. The first-order chi connectivity index (χ1) is 13.6. The van der Waals surface area contributed by atoms with Crippen molar-refractivity contribution in [2.75, 3.05) is 12.4 Å². The minimum absolute atomic E-state index is 0.223. The Balaban J connectivity index is 1.68. The lowest BCUT2D eigenvalue weighted by molar-refractivity contribution is 0.0953. The molecule has 0 aliphatic heterocycles. The molecule has 0 saturated carbocycles. The lowest BCUT2D eigenvalue weighted by Crippen LogP contribution is -2.19. The first-order valence-corrected chi connectivity index (χ1v) is 8.51. The number of carbonyl (C=O) groups excluding carboxylic acids is 2. The Kier molecular flexibility index (Phi) is 5.86. The number of anilines is 1. The third kappa shape index (κ3) is 4.64. The molecule has 0 saturated heterocycles. The van der Waals surface area contributed by atoms with Crippen LogP contribution in [0.4, 0.5) is 5.69 Å². The molecule has 1 aromatic heterocycles. The summed E-state index contributed by atoms with van der Waals surface area (Å²) in [5.41, 5.74) is 4.89. The summed E-state index contributed by atoms with van der Waals surface area (Å²) in [5.74, 6) is 0.123. The molecular weight excluding hydrogens is 358 g/mol. The number of amides is 2. The molecule has 28 heavy (non-hydrogen) atoms. The van der Waals surface area contributed by atoms with Crippen molar-refractivity contribution >= 4 is 23.2 Å². The van der Waals surface area contributed by atoms with E-state index in [9.17, 15) is 9.59 Å². The minimum atomic E-state index is -0.347. The second-order valence-corrected chi connectivity index (χ2v) is 5.88. The summed E-state index contributed by atoms with van der Waals surface area (Å²) in [6.45, 7) is 1.76. The SMILES string of the molecule is COc1cccc(C(=O)NN=C(C)c2cccc(NC(=O)c3ccco3)c2)c1. The zero-order valence-corrected chi connectivity index (χ0v) is 15.4. The average molecular weight is 377 g/mol. The van der Waals surface area contributed by atoms with Crippen molar-refractivity contribution in [3.05, 3.63) is 83.8 Å². The van der Waals surface area contributed by atoms with Crippen molar-refractivity contribution in [1.82, 2.24) is 5.43 Å². The third-order valence-corrected chi connectivity index (χ3v) is 3.94. The number of carbonyl (C=O) groups is 2. The van der Waals surface area contributed by atoms with Gasteiger partial charge >= 0.3 is 0 Å². The number of hydrazone groups is 1. The van der Waals surface area contributed by atoms with E-state index in [0.29, 0.717) is 22.7 Å². The molecule has 2 N–H and O–H groups in total. The lowest BCUT2D eigenvalue weighted by atomic mass is 10.1. The predicted octanol–water partition coefficient (Wildman–Crippen LogP) is 3.69. The molecule has 0 radical (unpaired) electrons. The Hall–Kier alpha value is -3.87. The number of nitrogens with one attached hydrogen (secondary N) is 2. The molecule has 1 heterocycles. The van der Waals surface area contributed by atoms with Crippen molar-refractivity contribution in [2.45, 2.75) is 6.92 Å². The highest BCUT2D eigenvalue weighted by atomic mass is 16.5. The highest BCUT2D eigenvalue weighted by Gasteiger charge is 2.10. The molecule has 2 aromatic carbocycles. The summed E-state index contributed by atoms with van der Waals surface area (Å²) < 4.78 is 10.2. The van der Waals surface area contributed by atoms with Crippen LogP contribution >= 0.6 is 0 Å². The number of rotatable bonds is 6. The molecule has 142 valence electrons. The van der Waals surface area contributed by atoms with Gasteiger partial charge in [-0.1, -0.05) is 18.2 Å². The summed E-state index contributed by atoms with van der Waals surface area (Å²) in [5, 5.41) is 6.90. The standard InChI is InChI=1S/C21H19N3O4/c1-14(23-24-20(25)16-7-4-9-18(13-16)27-2)15-6-3-8-17(12-15)22-21(26)19-10-5-11-28-19/h3-13H,1-2H3,(H,22,26)(H,24,25). The van der Waals surface area contributed by atoms with Crippen LogP contribution in [-0.2, 0) is 0 Å². The normalized spacial score (nSPS) is 11.0. The summed E-state index contributed by atoms with van der Waals surface area (Å²) in [6, 6.07) is 17.2. The molecule has 0 atom stereocenters. The summed E-state index contributed by atoms with van der Waals surface area (Å²) in [6.07, 6.45) is 1.44. The van der Waals surface area contributed by atoms with Crippen molar-refractivity contribution < 1.29 is 18.7 Å². The number of furan rings is 1. The van der Waals surface area contributed by atoms with Crippen LogP contribution in [0.3, 0.4) is 0 Å². The van der Waals surface area contributed by atoms with E-state index in [1.54, 1.807) is 61.5 Å². The van der Waals surface area contributed by atoms with Gasteiger partial charge in [0.25, 0.3) is 11.8 Å². The maximum Gasteiger partial charge on any atom is 0.291 e. The van der Waals surface area contributed by atoms with Gasteiger partial charge in [0.15, 0.2) is 5.76 Å². The second kappa shape index (κ2) is 8.68. The van der Waals surface area contributed by atoms with E-state index >= 15 is 0 Å². The molecule has 3 rings (SSSR count). The van der Waals surface area contributed by atoms with Crippen LogP contribution in [-0.4, -0.2) is 24.6 Å². The Morgan fingerprint density at radius 3 is 2.50 bits per heavy atom. The van der Waals surface area contributed by atoms with E-state index in [-0.39, 0.29) is 17.6 Å². The number of methoxy groups -OCH3 is 1. The molecule has 0 aliphatic carbocycles. The van der Waals surface area contributed by atoms with Crippen molar-refractivity contribution in [3.63, 3.8) is 0 Å². The van der Waals surface area contributed by atoms with E-state index in [4.69, 9.17) is 9.15 Å². The second-order valence-electron chi connectivity index (χ2n) is 5.88. The fraction of sp³-hybridized carbons (Fsp3) is 0.0952. The van der Waals surface area contributed by atoms with Crippen LogP contribution in [0.5, 0.6) is 5.75 Å². The molecule has 0 aliphatic rings. The topological polar surface area (TPSA) is 92.9 Å². The van der Waals surface area contributed by atoms with Crippen LogP contribution in [0.1, 0.15) is 33.4 Å². The number of benzene rings is 2. The van der Waals surface area contributed by atoms with E-state index in [0.717, 1.165) is 5.56 Å². The van der Waals surface area contributed by atoms with Crippen LogP contribution in [0.2, 0.25) is 0 Å². The van der Waals surface area contributed by atoms with E-state index in [2.05, 4.69) is 15.8 Å². The number of ether oxygens (including phenoxy) is 1. The molecule has 0 fully saturated rings. The van der Waals surface area contributed by atoms with Crippen molar-refractivity contribution in [1.29, 1.82) is 0 Å². The maximum absolute atomic E-state index is 12.3. The van der Waals surface area contributed by atoms with Crippen molar-refractivity contribution in [3.8, 4) is 5.75 Å². The molecule has 3 aromatic rings. The largest absolute Gasteiger partial charge is 0.497 e. The smallest absolute Gasteiger partial charge is 0.291 e. The highest BCUT2D eigenvalue weighted by Crippen LogP contribution is 2.14. The Morgan fingerprint density at radius 2 is 1.75 bits per heavy atom. The van der Waals surface area contributed by atoms with Crippen LogP contribution < -0.4 is 15.5 Å². The van der Waals surface area contributed by atoms with Gasteiger partial charge in [0.1, 0.15) is 5.75 Å². The van der Waals surface area contributed by atoms with Gasteiger partial charge in [-0.2, -0.15) is 5.10 Å². The fourth-order valence-electron chi connectivity index (χ4n) is 2.45. The Labute approximate surface area is 162 Å². The number of nitrogens with zero attached hydrogens (tertiary/aromatic N) is 1. The van der Waals surface area contributed by atoms with Gasteiger partial charge in [0.2, 0.25) is 0 Å². The van der Waals surface area contributed by atoms with Gasteiger partial charge in [-0.05, 0) is 55.0 Å². The van der Waals surface area contributed by atoms with E-state index < -0.39 is 0 Å². The maximum atomic E-state index is 12.3. The Morgan fingerprint density at radius 1 is 0.964 bits per heavy atom. The third-order valence-electron chi connectivity index (χ3n) is 3.94. The van der Waals surface area contributed by atoms with Gasteiger partial charge < -0.3 is 14.5 Å². The molecule has 2 amide bonds. The van der Waals surface area contributed by atoms with Crippen LogP contribution in [0.15, 0.2) is 76.4 Å². The van der Waals surface area contributed by atoms with Gasteiger partial charge in [-0.15, -0.1) is 0 Å². The minimum Gasteiger partial charge on any atom is -0.497 e. The summed E-state index contributed by atoms with van der Waals surface area (Å²) in [7, 11) is 1.54. The summed E-state index contributed by atoms with van der Waals surface area (Å²) >= 11 is 0. The lowest BCUT2D eigenvalue weighted by Gasteiger charge is -2.07. The van der Waals surface area contributed by atoms with Crippen LogP contribution in [0, 0.1) is 0 Å². The van der Waals surface area contributed by atoms with E-state index in [1.807, 2.05) is 6.07 Å². The predicted molar refractivity (Wildman–Crippen MR) is 106 cm³/mol. The molecule has 0 spiro atoms. The monoisotopic (exact) mass is 377 g/mol. The fourth-order valence-corrected chi connectivity index (χ4v) is 2.45. The highest BCUT2D eigenvalue weighted by molar-refractivity contribution is 6.04. The molecule has 7 heteroatoms. The molecule has 7 nitrogen and oxygen atoms in total. The van der Waals surface area contributed by atoms with Crippen LogP contribution in [0.25, 0.3) is 0 Å². The van der Waals surface area contributed by atoms with E-state index in [1.165, 1.54) is 13.4 Å². The summed E-state index contributed by atoms with van der Waals surface area (Å²) in [4.78, 5) is 24.3. The Bertz CT molecular complexity index is 1010.